The topological polar surface area (TPSA) is 161 Å². The van der Waals surface area contributed by atoms with Crippen LogP contribution in [0.15, 0.2) is 36.9 Å². The molecule has 2 atom stereocenters. The number of nitrogen functional groups attached to an aromatic ring is 1. The number of hydrogen-bond donors (Lipinski definition) is 2. The van der Waals surface area contributed by atoms with Gasteiger partial charge in [-0.1, -0.05) is 12.1 Å². The summed E-state index contributed by atoms with van der Waals surface area (Å²) in [5, 5.41) is 0. The van der Waals surface area contributed by atoms with Gasteiger partial charge in [0.2, 0.25) is 5.91 Å². The molecule has 1 saturated heterocycles. The van der Waals surface area contributed by atoms with Crippen LogP contribution in [0.1, 0.15) is 52.6 Å². The molecule has 0 saturated carbocycles. The van der Waals surface area contributed by atoms with Gasteiger partial charge in [0, 0.05) is 18.4 Å². The minimum atomic E-state index is -0.527. The van der Waals surface area contributed by atoms with E-state index in [0.717, 1.165) is 25.1 Å². The Bertz CT molecular complexity index is 1230. The van der Waals surface area contributed by atoms with Crippen LogP contribution >= 0.6 is 12.2 Å². The lowest BCUT2D eigenvalue weighted by atomic mass is 10.0. The smallest absolute Gasteiger partial charge is 0.337 e. The van der Waals surface area contributed by atoms with E-state index >= 15 is 0 Å². The summed E-state index contributed by atoms with van der Waals surface area (Å²) in [5.74, 6) is -0.808. The van der Waals surface area contributed by atoms with Crippen LogP contribution in [0.3, 0.4) is 0 Å². The Morgan fingerprint density at radius 3 is 2.86 bits per heavy atom. The number of nitrogens with zero attached hydrogens (tertiary/aromatic N) is 4. The molecule has 4 rings (SSSR count). The highest BCUT2D eigenvalue weighted by molar-refractivity contribution is 7.93. The van der Waals surface area contributed by atoms with Crippen molar-refractivity contribution in [3.63, 3.8) is 0 Å². The number of ether oxygens (including phenoxy) is 2. The molecule has 0 bridgehead atoms. The summed E-state index contributed by atoms with van der Waals surface area (Å²) in [5.41, 5.74) is 7.59. The fraction of sp³-hybridized carbons (Fsp3) is 0.364. The maximum Gasteiger partial charge on any atom is 0.337 e. The summed E-state index contributed by atoms with van der Waals surface area (Å²) >= 11 is 0.800. The van der Waals surface area contributed by atoms with E-state index in [1.165, 1.54) is 19.5 Å². The van der Waals surface area contributed by atoms with Crippen LogP contribution in [0.25, 0.3) is 11.2 Å². The molecular weight excluding hydrogens is 476 g/mol. The first-order valence-corrected chi connectivity index (χ1v) is 11.6. The number of imidazole rings is 1. The molecule has 1 aromatic carbocycles. The van der Waals surface area contributed by atoms with Gasteiger partial charge in [0.15, 0.2) is 17.2 Å². The van der Waals surface area contributed by atoms with Crippen LogP contribution in [0.2, 0.25) is 0 Å². The fourth-order valence-corrected chi connectivity index (χ4v) is 4.11. The van der Waals surface area contributed by atoms with Crippen molar-refractivity contribution in [1.29, 1.82) is 0 Å². The number of Topliss-reactive ketones (excluding diaryl/α,β-unsaturated/α-hetero) is 1. The Kier molecular flexibility index (Phi) is 7.90. The second-order valence-electron chi connectivity index (χ2n) is 7.76. The van der Waals surface area contributed by atoms with E-state index in [4.69, 9.17) is 14.7 Å². The number of ketones is 1. The highest BCUT2D eigenvalue weighted by atomic mass is 32.2. The number of rotatable bonds is 10. The molecule has 2 unspecified atom stereocenters. The minimum Gasteiger partial charge on any atom is -0.465 e. The Balaban J connectivity index is 1.16. The average Bonchev–Trinajstić information content (AvgIpc) is 3.52. The Labute approximate surface area is 204 Å². The third-order valence-electron chi connectivity index (χ3n) is 5.44. The highest BCUT2D eigenvalue weighted by Gasteiger charge is 2.28. The lowest BCUT2D eigenvalue weighted by molar-refractivity contribution is -0.119. The summed E-state index contributed by atoms with van der Waals surface area (Å²) < 4.78 is 20.5. The highest BCUT2D eigenvalue weighted by Crippen LogP contribution is 2.31. The number of nitrogens with two attached hydrogens (primary N) is 1. The number of methoxy groups -OCH3 is 1. The van der Waals surface area contributed by atoms with E-state index in [1.54, 1.807) is 24.5 Å². The molecule has 3 aromatic rings. The van der Waals surface area contributed by atoms with Crippen molar-refractivity contribution in [2.75, 3.05) is 19.5 Å². The van der Waals surface area contributed by atoms with Gasteiger partial charge in [0.25, 0.3) is 0 Å². The molecule has 13 heteroatoms. The maximum atomic E-state index is 12.3. The van der Waals surface area contributed by atoms with Gasteiger partial charge < -0.3 is 15.2 Å². The molecule has 3 N–H and O–H groups in total. The predicted molar refractivity (Wildman–Crippen MR) is 126 cm³/mol. The molecule has 1 amide bonds. The summed E-state index contributed by atoms with van der Waals surface area (Å²) in [6.45, 7) is 0.268. The van der Waals surface area contributed by atoms with Crippen molar-refractivity contribution in [3.05, 3.63) is 48.0 Å². The van der Waals surface area contributed by atoms with E-state index in [-0.39, 0.29) is 49.0 Å². The number of amides is 1. The average molecular weight is 501 g/mol. The van der Waals surface area contributed by atoms with Crippen molar-refractivity contribution in [3.8, 4) is 0 Å². The van der Waals surface area contributed by atoms with Crippen molar-refractivity contribution >= 4 is 46.9 Å². The number of anilines is 1. The molecule has 0 spiro atoms. The molecule has 1 fully saturated rings. The van der Waals surface area contributed by atoms with E-state index in [2.05, 4.69) is 24.4 Å². The van der Waals surface area contributed by atoms with E-state index in [0.29, 0.717) is 22.5 Å². The van der Waals surface area contributed by atoms with Gasteiger partial charge >= 0.3 is 5.97 Å². The number of fused-ring (bicyclic) bond motifs is 1. The molecule has 1 aliphatic rings. The van der Waals surface area contributed by atoms with E-state index < -0.39 is 5.97 Å². The molecule has 12 nitrogen and oxygen atoms in total. The lowest BCUT2D eigenvalue weighted by Crippen LogP contribution is -2.20. The van der Waals surface area contributed by atoms with Gasteiger partial charge in [-0.15, -0.1) is 0 Å². The van der Waals surface area contributed by atoms with E-state index in [1.807, 2.05) is 4.57 Å². The number of esters is 1. The quantitative estimate of drug-likeness (QED) is 0.138. The number of nitrogens with one attached hydrogen (secondary N) is 1. The predicted octanol–water partition coefficient (Wildman–Crippen LogP) is 2.23. The molecule has 2 aromatic heterocycles. The van der Waals surface area contributed by atoms with Crippen LogP contribution in [0.5, 0.6) is 0 Å². The van der Waals surface area contributed by atoms with Crippen LogP contribution in [0.4, 0.5) is 5.82 Å². The van der Waals surface area contributed by atoms with Gasteiger partial charge in [0.05, 0.1) is 31.7 Å². The largest absolute Gasteiger partial charge is 0.465 e. The van der Waals surface area contributed by atoms with Crippen LogP contribution in [-0.2, 0) is 18.5 Å². The van der Waals surface area contributed by atoms with Crippen molar-refractivity contribution in [2.24, 2.45) is 0 Å². The second kappa shape index (κ2) is 11.3. The van der Waals surface area contributed by atoms with Crippen molar-refractivity contribution in [2.45, 2.75) is 38.0 Å². The molecule has 184 valence electrons. The van der Waals surface area contributed by atoms with Gasteiger partial charge in [-0.2, -0.15) is 0 Å². The SMILES string of the molecule is COC(=O)c1cccc(C(=O)CCC(=O)NSOCC2CCC(n3cnc4c(N)ncnc43)O2)c1. The summed E-state index contributed by atoms with van der Waals surface area (Å²) in [7, 11) is 1.27. The first-order chi connectivity index (χ1) is 17.0. The fourth-order valence-electron chi connectivity index (χ4n) is 3.64. The second-order valence-corrected chi connectivity index (χ2v) is 8.37. The zero-order chi connectivity index (χ0) is 24.8. The number of aromatic nitrogens is 4. The molecule has 3 heterocycles. The number of hydrogen-bond acceptors (Lipinski definition) is 11. The van der Waals surface area contributed by atoms with Gasteiger partial charge in [-0.25, -0.2) is 19.7 Å². The van der Waals surface area contributed by atoms with Gasteiger partial charge in [-0.05, 0) is 25.0 Å². The molecular formula is C22H24N6O6S. The summed E-state index contributed by atoms with van der Waals surface area (Å²) in [4.78, 5) is 48.4. The van der Waals surface area contributed by atoms with Crippen molar-refractivity contribution in [1.82, 2.24) is 24.2 Å². The molecule has 1 aliphatic heterocycles. The summed E-state index contributed by atoms with van der Waals surface area (Å²) in [6.07, 6.45) is 4.10. The third kappa shape index (κ3) is 5.93. The van der Waals surface area contributed by atoms with Crippen molar-refractivity contribution < 1.29 is 28.0 Å². The monoisotopic (exact) mass is 500 g/mol. The maximum absolute atomic E-state index is 12.3. The zero-order valence-corrected chi connectivity index (χ0v) is 19.7. The molecule has 0 aliphatic carbocycles. The molecule has 0 radical (unpaired) electrons. The first kappa shape index (κ1) is 24.6. The zero-order valence-electron chi connectivity index (χ0n) is 18.9. The first-order valence-electron chi connectivity index (χ1n) is 10.8. The van der Waals surface area contributed by atoms with Gasteiger partial charge in [-0.3, -0.25) is 23.1 Å². The normalized spacial score (nSPS) is 17.4. The number of benzene rings is 1. The van der Waals surface area contributed by atoms with Crippen LogP contribution in [-0.4, -0.2) is 57.0 Å². The third-order valence-corrected chi connectivity index (χ3v) is 6.00. The minimum absolute atomic E-state index is 0.00261. The Hall–Kier alpha value is -3.55. The Morgan fingerprint density at radius 1 is 1.20 bits per heavy atom. The number of carbonyl (C=O) groups excluding carboxylic acids is 3. The van der Waals surface area contributed by atoms with Gasteiger partial charge in [0.1, 0.15) is 30.3 Å². The standard InChI is InChI=1S/C22H24N6O6S/c1-32-22(31)14-4-2-3-13(9-14)16(29)6-7-17(30)27-35-33-10-15-5-8-18(34-15)28-12-26-19-20(23)24-11-25-21(19)28/h2-4,9,11-12,15,18H,5-8,10H2,1H3,(H,27,30)(H2,23,24,25). The Morgan fingerprint density at radius 2 is 2.03 bits per heavy atom. The van der Waals surface area contributed by atoms with E-state index in [9.17, 15) is 14.4 Å². The summed E-state index contributed by atoms with van der Waals surface area (Å²) in [6, 6.07) is 6.19. The number of carbonyl (C=O) groups is 3. The lowest BCUT2D eigenvalue weighted by Gasteiger charge is -2.15. The van der Waals surface area contributed by atoms with Crippen LogP contribution in [0, 0.1) is 0 Å². The van der Waals surface area contributed by atoms with Crippen LogP contribution < -0.4 is 10.5 Å². The molecule has 35 heavy (non-hydrogen) atoms.